The third-order valence-corrected chi connectivity index (χ3v) is 20.8. The maximum Gasteiger partial charge on any atom is -0.0111 e. The van der Waals surface area contributed by atoms with Gasteiger partial charge in [-0.1, -0.05) is 69.2 Å². The lowest BCUT2D eigenvalue weighted by molar-refractivity contribution is -0.426. The van der Waals surface area contributed by atoms with E-state index in [4.69, 9.17) is 0 Å². The largest absolute Gasteiger partial charge is 0.0648 e. The SMILES string of the molecule is CCC12CC3(C)CC4(C)CC1C3(C)C13C5CC1C1C67CC(C)(C4(C)C26)C7(C)C1(C)C3(C)C5C. The Labute approximate surface area is 202 Å². The Morgan fingerprint density at radius 1 is 0.727 bits per heavy atom. The third-order valence-electron chi connectivity index (χ3n) is 20.8. The molecule has 0 N–H and O–H groups in total. The summed E-state index contributed by atoms with van der Waals surface area (Å²) in [4.78, 5) is 0. The molecule has 0 aliphatic heterocycles. The first kappa shape index (κ1) is 19.2. The van der Waals surface area contributed by atoms with Crippen LogP contribution < -0.4 is 0 Å². The van der Waals surface area contributed by atoms with E-state index in [1.807, 2.05) is 0 Å². The van der Waals surface area contributed by atoms with E-state index in [0.29, 0.717) is 59.6 Å². The quantitative estimate of drug-likeness (QED) is 0.382. The lowest BCUT2D eigenvalue weighted by Crippen LogP contribution is -2.85. The maximum absolute atomic E-state index is 2.97. The van der Waals surface area contributed by atoms with Crippen LogP contribution in [0.1, 0.15) is 108 Å². The number of fused-ring (bicyclic) bond motifs is 4. The van der Waals surface area contributed by atoms with Gasteiger partial charge in [0.1, 0.15) is 0 Å². The zero-order valence-electron chi connectivity index (χ0n) is 23.2. The molecule has 10 saturated carbocycles. The molecule has 0 heterocycles. The summed E-state index contributed by atoms with van der Waals surface area (Å²) in [5.74, 6) is 6.13. The van der Waals surface area contributed by atoms with Crippen LogP contribution in [-0.2, 0) is 0 Å². The van der Waals surface area contributed by atoms with Crippen molar-refractivity contribution in [3.05, 3.63) is 0 Å². The van der Waals surface area contributed by atoms with Crippen molar-refractivity contribution < 1.29 is 0 Å². The molecule has 0 heteroatoms. The van der Waals surface area contributed by atoms with Crippen LogP contribution in [0, 0.1) is 95.1 Å². The minimum absolute atomic E-state index is 0.542. The van der Waals surface area contributed by atoms with Gasteiger partial charge in [0.15, 0.2) is 0 Å². The summed E-state index contributed by atoms with van der Waals surface area (Å²) >= 11 is 0. The molecule has 180 valence electrons. The van der Waals surface area contributed by atoms with Gasteiger partial charge in [0.05, 0.1) is 0 Å². The standard InChI is InChI=1S/C33H48/c1-11-31-15-24(4)14-23(3)13-20(31)27(24,7)33-18-12-19(33)21-28(8,26(33,6)17(18)2)30(10)25(5)16-32(21,30)22(31)29(23,25)9/h17-22H,11-16H2,1-10H3. The van der Waals surface area contributed by atoms with Crippen LogP contribution in [0.4, 0.5) is 0 Å². The third kappa shape index (κ3) is 0.899. The molecule has 0 amide bonds. The summed E-state index contributed by atoms with van der Waals surface area (Å²) in [5.41, 5.74) is 6.48. The molecule has 0 aromatic carbocycles. The molecule has 17 atom stereocenters. The van der Waals surface area contributed by atoms with Crippen LogP contribution >= 0.6 is 0 Å². The summed E-state index contributed by atoms with van der Waals surface area (Å²) < 4.78 is 0. The Hall–Kier alpha value is 0. The van der Waals surface area contributed by atoms with E-state index in [2.05, 4.69) is 69.2 Å². The fraction of sp³-hybridized carbons (Fsp3) is 1.00. The minimum atomic E-state index is 0.542. The van der Waals surface area contributed by atoms with E-state index in [0.717, 1.165) is 35.5 Å². The summed E-state index contributed by atoms with van der Waals surface area (Å²) in [6.45, 7) is 28.7. The Morgan fingerprint density at radius 2 is 1.42 bits per heavy atom. The van der Waals surface area contributed by atoms with Gasteiger partial charge in [0.2, 0.25) is 0 Å². The molecule has 0 aromatic heterocycles. The fourth-order valence-corrected chi connectivity index (χ4v) is 20.9. The second-order valence-electron chi connectivity index (χ2n) is 18.3. The van der Waals surface area contributed by atoms with Gasteiger partial charge < -0.3 is 0 Å². The predicted molar refractivity (Wildman–Crippen MR) is 132 cm³/mol. The van der Waals surface area contributed by atoms with Gasteiger partial charge in [-0.05, 0) is 134 Å². The van der Waals surface area contributed by atoms with Crippen LogP contribution in [0.2, 0.25) is 0 Å². The second kappa shape index (κ2) is 3.80. The van der Waals surface area contributed by atoms with Gasteiger partial charge in [0.25, 0.3) is 0 Å². The highest BCUT2D eigenvalue weighted by Gasteiger charge is 3.12. The maximum atomic E-state index is 2.97. The van der Waals surface area contributed by atoms with E-state index in [9.17, 15) is 0 Å². The minimum Gasteiger partial charge on any atom is -0.0648 e. The van der Waals surface area contributed by atoms with Gasteiger partial charge in [-0.25, -0.2) is 0 Å². The van der Waals surface area contributed by atoms with Crippen molar-refractivity contribution in [1.29, 1.82) is 0 Å². The van der Waals surface area contributed by atoms with E-state index in [1.54, 1.807) is 32.1 Å². The average molecular weight is 445 g/mol. The molecule has 10 aliphatic rings. The number of hydrogen-bond donors (Lipinski definition) is 0. The molecular formula is C33H48. The first-order valence-corrected chi connectivity index (χ1v) is 15.1. The highest BCUT2D eigenvalue weighted by atomic mass is 15.2. The summed E-state index contributed by atoms with van der Waals surface area (Å²) in [6.07, 6.45) is 9.43. The molecule has 0 aromatic rings. The van der Waals surface area contributed by atoms with Crippen LogP contribution in [0.15, 0.2) is 0 Å². The first-order valence-electron chi connectivity index (χ1n) is 15.1. The van der Waals surface area contributed by atoms with Crippen molar-refractivity contribution >= 4 is 0 Å². The molecule has 10 fully saturated rings. The van der Waals surface area contributed by atoms with Gasteiger partial charge in [-0.3, -0.25) is 0 Å². The predicted octanol–water partition coefficient (Wildman–Crippen LogP) is 8.21. The van der Waals surface area contributed by atoms with E-state index < -0.39 is 0 Å². The van der Waals surface area contributed by atoms with Crippen molar-refractivity contribution in [2.45, 2.75) is 108 Å². The Morgan fingerprint density at radius 3 is 2.09 bits per heavy atom. The zero-order valence-corrected chi connectivity index (χ0v) is 23.2. The molecule has 33 heavy (non-hydrogen) atoms. The summed E-state index contributed by atoms with van der Waals surface area (Å²) in [6, 6.07) is 0. The van der Waals surface area contributed by atoms with Crippen molar-refractivity contribution in [1.82, 2.24) is 0 Å². The van der Waals surface area contributed by atoms with Crippen LogP contribution in [-0.4, -0.2) is 0 Å². The normalized spacial score (nSPS) is 88.5. The highest BCUT2D eigenvalue weighted by molar-refractivity contribution is 5.59. The fourth-order valence-electron chi connectivity index (χ4n) is 20.9. The lowest BCUT2D eigenvalue weighted by atomic mass is 9.14. The number of hydrogen-bond acceptors (Lipinski definition) is 0. The zero-order chi connectivity index (χ0) is 23.2. The Balaban J connectivity index is 1.47. The number of rotatable bonds is 1. The van der Waals surface area contributed by atoms with E-state index in [1.165, 1.54) is 6.42 Å². The Kier molecular flexibility index (Phi) is 2.20. The summed E-state index contributed by atoms with van der Waals surface area (Å²) in [5, 5.41) is 0. The molecule has 10 aliphatic carbocycles. The Bertz CT molecular complexity index is 1170. The van der Waals surface area contributed by atoms with Crippen molar-refractivity contribution in [2.75, 3.05) is 0 Å². The van der Waals surface area contributed by atoms with Crippen molar-refractivity contribution in [2.24, 2.45) is 95.1 Å². The highest BCUT2D eigenvalue weighted by Crippen LogP contribution is 3.16. The van der Waals surface area contributed by atoms with E-state index >= 15 is 0 Å². The molecule has 10 bridgehead atoms. The van der Waals surface area contributed by atoms with Gasteiger partial charge in [-0.2, -0.15) is 0 Å². The van der Waals surface area contributed by atoms with Gasteiger partial charge >= 0.3 is 0 Å². The average Bonchev–Trinajstić information content (AvgIpc) is 3.06. The second-order valence-corrected chi connectivity index (χ2v) is 18.3. The van der Waals surface area contributed by atoms with Gasteiger partial charge in [0, 0.05) is 0 Å². The molecule has 0 nitrogen and oxygen atoms in total. The monoisotopic (exact) mass is 444 g/mol. The summed E-state index contributed by atoms with van der Waals surface area (Å²) in [7, 11) is 0. The van der Waals surface area contributed by atoms with Gasteiger partial charge in [-0.15, -0.1) is 0 Å². The first-order chi connectivity index (χ1) is 15.1. The molecule has 2 spiro atoms. The molecular weight excluding hydrogens is 396 g/mol. The lowest BCUT2D eigenvalue weighted by Gasteiger charge is -2.89. The topological polar surface area (TPSA) is 0 Å². The van der Waals surface area contributed by atoms with E-state index in [-0.39, 0.29) is 0 Å². The van der Waals surface area contributed by atoms with Crippen LogP contribution in [0.3, 0.4) is 0 Å². The molecule has 0 radical (unpaired) electrons. The van der Waals surface area contributed by atoms with Crippen molar-refractivity contribution in [3.63, 3.8) is 0 Å². The molecule has 17 unspecified atom stereocenters. The van der Waals surface area contributed by atoms with Crippen LogP contribution in [0.5, 0.6) is 0 Å². The molecule has 0 saturated heterocycles. The molecule has 10 rings (SSSR count). The van der Waals surface area contributed by atoms with Crippen molar-refractivity contribution in [3.8, 4) is 0 Å². The van der Waals surface area contributed by atoms with Crippen LogP contribution in [0.25, 0.3) is 0 Å². The smallest absolute Gasteiger partial charge is 0.0111 e.